The predicted octanol–water partition coefficient (Wildman–Crippen LogP) is -2.62. The third-order valence-corrected chi connectivity index (χ3v) is 1.25. The standard InChI is InChI=1S/C7H12N2O5/c1-14-7(13)3-9-5(11)2-8-6(12)4-10/h10H,2-4H2,1H3,(H,8,12)(H,9,11). The Balaban J connectivity index is 3.56. The Morgan fingerprint density at radius 2 is 1.71 bits per heavy atom. The van der Waals surface area contributed by atoms with Crippen LogP contribution in [-0.2, 0) is 19.1 Å². The van der Waals surface area contributed by atoms with E-state index in [0.29, 0.717) is 0 Å². The lowest BCUT2D eigenvalue weighted by Crippen LogP contribution is -2.40. The van der Waals surface area contributed by atoms with Gasteiger partial charge in [-0.25, -0.2) is 0 Å². The Hall–Kier alpha value is -1.63. The second kappa shape index (κ2) is 6.84. The topological polar surface area (TPSA) is 105 Å². The monoisotopic (exact) mass is 204 g/mol. The van der Waals surface area contributed by atoms with Gasteiger partial charge in [0.2, 0.25) is 11.8 Å². The molecule has 0 saturated heterocycles. The van der Waals surface area contributed by atoms with Gasteiger partial charge in [0.15, 0.2) is 0 Å². The Morgan fingerprint density at radius 1 is 1.14 bits per heavy atom. The van der Waals surface area contributed by atoms with Gasteiger partial charge in [0.1, 0.15) is 13.2 Å². The molecule has 0 aromatic carbocycles. The smallest absolute Gasteiger partial charge is 0.325 e. The van der Waals surface area contributed by atoms with Crippen LogP contribution in [0, 0.1) is 0 Å². The van der Waals surface area contributed by atoms with Crippen molar-refractivity contribution in [1.82, 2.24) is 10.6 Å². The summed E-state index contributed by atoms with van der Waals surface area (Å²) in [5.74, 6) is -1.76. The number of ether oxygens (including phenoxy) is 1. The molecule has 0 aromatic heterocycles. The van der Waals surface area contributed by atoms with E-state index in [9.17, 15) is 14.4 Å². The van der Waals surface area contributed by atoms with Crippen molar-refractivity contribution in [3.05, 3.63) is 0 Å². The molecule has 7 nitrogen and oxygen atoms in total. The first-order valence-electron chi connectivity index (χ1n) is 3.81. The van der Waals surface area contributed by atoms with Crippen LogP contribution in [0.4, 0.5) is 0 Å². The molecule has 80 valence electrons. The fraction of sp³-hybridized carbons (Fsp3) is 0.571. The number of aliphatic hydroxyl groups is 1. The number of rotatable bonds is 5. The van der Waals surface area contributed by atoms with Crippen molar-refractivity contribution in [3.63, 3.8) is 0 Å². The van der Waals surface area contributed by atoms with Crippen LogP contribution in [0.5, 0.6) is 0 Å². The van der Waals surface area contributed by atoms with E-state index >= 15 is 0 Å². The summed E-state index contributed by atoms with van der Waals surface area (Å²) < 4.78 is 4.27. The van der Waals surface area contributed by atoms with Crippen molar-refractivity contribution in [1.29, 1.82) is 0 Å². The van der Waals surface area contributed by atoms with Crippen molar-refractivity contribution in [2.24, 2.45) is 0 Å². The first-order chi connectivity index (χ1) is 6.60. The molecule has 0 bridgehead atoms. The summed E-state index contributed by atoms with van der Waals surface area (Å²) in [4.78, 5) is 31.9. The number of carbonyl (C=O) groups is 3. The van der Waals surface area contributed by atoms with Crippen molar-refractivity contribution < 1.29 is 24.2 Å². The summed E-state index contributed by atoms with van der Waals surface area (Å²) in [7, 11) is 1.20. The molecule has 0 saturated carbocycles. The van der Waals surface area contributed by atoms with E-state index in [2.05, 4.69) is 15.4 Å². The molecule has 0 rings (SSSR count). The molecule has 0 heterocycles. The molecule has 0 aromatic rings. The predicted molar refractivity (Wildman–Crippen MR) is 45.1 cm³/mol. The number of hydrogen-bond donors (Lipinski definition) is 3. The van der Waals surface area contributed by atoms with Crippen LogP contribution < -0.4 is 10.6 Å². The third-order valence-electron chi connectivity index (χ3n) is 1.25. The zero-order chi connectivity index (χ0) is 11.0. The molecule has 2 amide bonds. The van der Waals surface area contributed by atoms with E-state index in [1.165, 1.54) is 7.11 Å². The lowest BCUT2D eigenvalue weighted by Gasteiger charge is -2.04. The van der Waals surface area contributed by atoms with E-state index < -0.39 is 24.4 Å². The molecule has 0 unspecified atom stereocenters. The average Bonchev–Trinajstić information content (AvgIpc) is 2.22. The zero-order valence-corrected chi connectivity index (χ0v) is 7.70. The normalized spacial score (nSPS) is 9.00. The molecule has 0 aliphatic rings. The van der Waals surface area contributed by atoms with Gasteiger partial charge in [-0.15, -0.1) is 0 Å². The molecule has 0 radical (unpaired) electrons. The maximum atomic E-state index is 10.9. The number of hydrogen-bond acceptors (Lipinski definition) is 5. The average molecular weight is 204 g/mol. The highest BCUT2D eigenvalue weighted by molar-refractivity contribution is 5.87. The number of methoxy groups -OCH3 is 1. The fourth-order valence-electron chi connectivity index (χ4n) is 0.540. The molecule has 0 fully saturated rings. The summed E-state index contributed by atoms with van der Waals surface area (Å²) in [5, 5.41) is 12.6. The van der Waals surface area contributed by atoms with Crippen LogP contribution in [0.15, 0.2) is 0 Å². The van der Waals surface area contributed by atoms with Crippen LogP contribution in [0.1, 0.15) is 0 Å². The molecule has 0 aliphatic heterocycles. The van der Waals surface area contributed by atoms with Crippen molar-refractivity contribution in [2.75, 3.05) is 26.8 Å². The van der Waals surface area contributed by atoms with Gasteiger partial charge in [-0.3, -0.25) is 14.4 Å². The van der Waals surface area contributed by atoms with Crippen molar-refractivity contribution in [3.8, 4) is 0 Å². The number of carbonyl (C=O) groups excluding carboxylic acids is 3. The number of nitrogens with one attached hydrogen (secondary N) is 2. The van der Waals surface area contributed by atoms with Gasteiger partial charge in [-0.1, -0.05) is 0 Å². The van der Waals surface area contributed by atoms with Crippen molar-refractivity contribution >= 4 is 17.8 Å². The Kier molecular flexibility index (Phi) is 6.04. The van der Waals surface area contributed by atoms with Crippen LogP contribution in [-0.4, -0.2) is 49.7 Å². The Morgan fingerprint density at radius 3 is 2.21 bits per heavy atom. The summed E-state index contributed by atoms with van der Waals surface area (Å²) in [6.07, 6.45) is 0. The highest BCUT2D eigenvalue weighted by Gasteiger charge is 2.06. The number of esters is 1. The zero-order valence-electron chi connectivity index (χ0n) is 7.70. The van der Waals surface area contributed by atoms with E-state index in [-0.39, 0.29) is 13.1 Å². The van der Waals surface area contributed by atoms with Gasteiger partial charge in [0.05, 0.1) is 13.7 Å². The fourth-order valence-corrected chi connectivity index (χ4v) is 0.540. The number of aliphatic hydroxyl groups excluding tert-OH is 1. The largest absolute Gasteiger partial charge is 0.468 e. The highest BCUT2D eigenvalue weighted by atomic mass is 16.5. The first kappa shape index (κ1) is 12.4. The molecular weight excluding hydrogens is 192 g/mol. The van der Waals surface area contributed by atoms with Crippen LogP contribution in [0.3, 0.4) is 0 Å². The molecule has 0 atom stereocenters. The first-order valence-corrected chi connectivity index (χ1v) is 3.81. The maximum absolute atomic E-state index is 10.9. The Labute approximate surface area is 80.4 Å². The minimum Gasteiger partial charge on any atom is -0.468 e. The van der Waals surface area contributed by atoms with E-state index in [1.54, 1.807) is 0 Å². The quantitative estimate of drug-likeness (QED) is 0.425. The van der Waals surface area contributed by atoms with Gasteiger partial charge < -0.3 is 20.5 Å². The van der Waals surface area contributed by atoms with Gasteiger partial charge in [0.25, 0.3) is 0 Å². The molecule has 0 spiro atoms. The lowest BCUT2D eigenvalue weighted by atomic mass is 10.5. The Bertz CT molecular complexity index is 206. The SMILES string of the molecule is COC(=O)CNC(=O)CNC(=O)CO. The minimum absolute atomic E-state index is 0.246. The van der Waals surface area contributed by atoms with Crippen LogP contribution >= 0.6 is 0 Å². The van der Waals surface area contributed by atoms with Crippen LogP contribution in [0.25, 0.3) is 0 Å². The van der Waals surface area contributed by atoms with Gasteiger partial charge in [-0.05, 0) is 0 Å². The highest BCUT2D eigenvalue weighted by Crippen LogP contribution is 1.71. The third kappa shape index (κ3) is 5.95. The van der Waals surface area contributed by atoms with E-state index in [0.717, 1.165) is 0 Å². The summed E-state index contributed by atoms with van der Waals surface area (Å²) in [6.45, 7) is -1.20. The van der Waals surface area contributed by atoms with Crippen LogP contribution in [0.2, 0.25) is 0 Å². The molecule has 0 aliphatic carbocycles. The summed E-state index contributed by atoms with van der Waals surface area (Å²) >= 11 is 0. The molecule has 7 heteroatoms. The molecular formula is C7H12N2O5. The second-order valence-electron chi connectivity index (χ2n) is 2.29. The lowest BCUT2D eigenvalue weighted by molar-refractivity contribution is -0.141. The van der Waals surface area contributed by atoms with Gasteiger partial charge in [0, 0.05) is 0 Å². The van der Waals surface area contributed by atoms with E-state index in [4.69, 9.17) is 5.11 Å². The summed E-state index contributed by atoms with van der Waals surface area (Å²) in [5.41, 5.74) is 0. The van der Waals surface area contributed by atoms with Crippen molar-refractivity contribution in [2.45, 2.75) is 0 Å². The van der Waals surface area contributed by atoms with Gasteiger partial charge in [-0.2, -0.15) is 0 Å². The second-order valence-corrected chi connectivity index (χ2v) is 2.29. The maximum Gasteiger partial charge on any atom is 0.325 e. The minimum atomic E-state index is -0.676. The molecule has 3 N–H and O–H groups in total. The van der Waals surface area contributed by atoms with E-state index in [1.807, 2.05) is 0 Å². The number of amides is 2. The van der Waals surface area contributed by atoms with Gasteiger partial charge >= 0.3 is 5.97 Å². The summed E-state index contributed by atoms with van der Waals surface area (Å²) in [6, 6.07) is 0. The molecule has 14 heavy (non-hydrogen) atoms.